The number of rotatable bonds is 8. The minimum Gasteiger partial charge on any atom is -0.496 e. The molecule has 0 radical (unpaired) electrons. The van der Waals surface area contributed by atoms with Crippen molar-refractivity contribution in [3.05, 3.63) is 45.4 Å². The van der Waals surface area contributed by atoms with Gasteiger partial charge < -0.3 is 15.4 Å². The van der Waals surface area contributed by atoms with Crippen LogP contribution in [0.4, 0.5) is 0 Å². The Bertz CT molecular complexity index is 731. The minimum absolute atomic E-state index is 0. The molecule has 0 aliphatic carbocycles. The maximum Gasteiger partial charge on any atom is 0.191 e. The van der Waals surface area contributed by atoms with E-state index >= 15 is 0 Å². The zero-order chi connectivity index (χ0) is 18.9. The SMILES string of the molecule is CCNC(=NCc1csc(C(C)C)n1)NCCc1ccc(C)c(OC)c1.I. The third-order valence-electron chi connectivity index (χ3n) is 3.99. The average Bonchev–Trinajstić information content (AvgIpc) is 3.10. The molecule has 2 rings (SSSR count). The molecule has 0 saturated heterocycles. The standard InChI is InChI=1S/C20H30N4OS.HI/c1-6-21-20(23-12-17-13-26-19(24-17)14(2)3)22-10-9-16-8-7-15(4)18(11-16)25-5;/h7-8,11,13-14H,6,9-10,12H2,1-5H3,(H2,21,22,23);1H. The molecule has 0 spiro atoms. The van der Waals surface area contributed by atoms with Crippen molar-refractivity contribution in [1.82, 2.24) is 15.6 Å². The summed E-state index contributed by atoms with van der Waals surface area (Å²) >= 11 is 1.71. The lowest BCUT2D eigenvalue weighted by molar-refractivity contribution is 0.411. The Morgan fingerprint density at radius 3 is 2.70 bits per heavy atom. The van der Waals surface area contributed by atoms with E-state index in [1.165, 1.54) is 10.6 Å². The topological polar surface area (TPSA) is 58.5 Å². The molecule has 0 amide bonds. The second-order valence-corrected chi connectivity index (χ2v) is 7.40. The highest BCUT2D eigenvalue weighted by atomic mass is 127. The summed E-state index contributed by atoms with van der Waals surface area (Å²) in [6.07, 6.45) is 0.912. The van der Waals surface area contributed by atoms with Gasteiger partial charge in [0.15, 0.2) is 5.96 Å². The predicted octanol–water partition coefficient (Wildman–Crippen LogP) is 4.50. The van der Waals surface area contributed by atoms with Gasteiger partial charge in [0.25, 0.3) is 0 Å². The third kappa shape index (κ3) is 7.65. The highest BCUT2D eigenvalue weighted by molar-refractivity contribution is 14.0. The van der Waals surface area contributed by atoms with Crippen molar-refractivity contribution in [2.45, 2.75) is 46.6 Å². The number of nitrogens with zero attached hydrogens (tertiary/aromatic N) is 2. The fourth-order valence-electron chi connectivity index (χ4n) is 2.51. The van der Waals surface area contributed by atoms with Crippen molar-refractivity contribution >= 4 is 41.3 Å². The number of aliphatic imine (C=N–C) groups is 1. The van der Waals surface area contributed by atoms with Crippen molar-refractivity contribution in [3.63, 3.8) is 0 Å². The van der Waals surface area contributed by atoms with Crippen LogP contribution in [0.25, 0.3) is 0 Å². The van der Waals surface area contributed by atoms with Crippen molar-refractivity contribution in [2.75, 3.05) is 20.2 Å². The van der Waals surface area contributed by atoms with Crippen molar-refractivity contribution in [3.8, 4) is 5.75 Å². The van der Waals surface area contributed by atoms with E-state index in [0.717, 1.165) is 42.5 Å². The Kier molecular flexibility index (Phi) is 10.7. The van der Waals surface area contributed by atoms with Gasteiger partial charge in [-0.25, -0.2) is 9.98 Å². The number of ether oxygens (including phenoxy) is 1. The number of aryl methyl sites for hydroxylation is 1. The van der Waals surface area contributed by atoms with Crippen molar-refractivity contribution < 1.29 is 4.74 Å². The van der Waals surface area contributed by atoms with Gasteiger partial charge in [-0.1, -0.05) is 26.0 Å². The molecule has 5 nitrogen and oxygen atoms in total. The van der Waals surface area contributed by atoms with Crippen LogP contribution < -0.4 is 15.4 Å². The summed E-state index contributed by atoms with van der Waals surface area (Å²) in [5.41, 5.74) is 3.43. The number of halogens is 1. The number of guanidine groups is 1. The van der Waals surface area contributed by atoms with E-state index in [2.05, 4.69) is 71.9 Å². The van der Waals surface area contributed by atoms with Crippen LogP contribution in [-0.4, -0.2) is 31.1 Å². The summed E-state index contributed by atoms with van der Waals surface area (Å²) in [5.74, 6) is 2.23. The summed E-state index contributed by atoms with van der Waals surface area (Å²) in [6, 6.07) is 6.35. The molecular formula is C20H31IN4OS. The van der Waals surface area contributed by atoms with Gasteiger partial charge in [0, 0.05) is 24.4 Å². The highest BCUT2D eigenvalue weighted by Gasteiger charge is 2.06. The maximum atomic E-state index is 5.40. The summed E-state index contributed by atoms with van der Waals surface area (Å²) < 4.78 is 5.40. The molecule has 0 aliphatic rings. The Morgan fingerprint density at radius 2 is 2.07 bits per heavy atom. The molecule has 2 aromatic rings. The molecule has 7 heteroatoms. The summed E-state index contributed by atoms with van der Waals surface area (Å²) in [7, 11) is 1.71. The fourth-order valence-corrected chi connectivity index (χ4v) is 3.33. The van der Waals surface area contributed by atoms with E-state index in [4.69, 9.17) is 4.74 Å². The molecule has 0 fully saturated rings. The van der Waals surface area contributed by atoms with Gasteiger partial charge in [0.1, 0.15) is 5.75 Å². The van der Waals surface area contributed by atoms with Crippen LogP contribution in [0.15, 0.2) is 28.6 Å². The second-order valence-electron chi connectivity index (χ2n) is 6.51. The largest absolute Gasteiger partial charge is 0.496 e. The number of benzene rings is 1. The van der Waals surface area contributed by atoms with Crippen LogP contribution in [0.3, 0.4) is 0 Å². The number of thiazole rings is 1. The van der Waals surface area contributed by atoms with Crippen LogP contribution in [0.5, 0.6) is 5.75 Å². The van der Waals surface area contributed by atoms with Gasteiger partial charge in [-0.2, -0.15) is 0 Å². The fraction of sp³-hybridized carbons (Fsp3) is 0.500. The van der Waals surface area contributed by atoms with Crippen LogP contribution in [0.2, 0.25) is 0 Å². The number of hydrogen-bond donors (Lipinski definition) is 2. The van der Waals surface area contributed by atoms with Crippen LogP contribution in [0, 0.1) is 6.92 Å². The first-order valence-electron chi connectivity index (χ1n) is 9.13. The quantitative estimate of drug-likeness (QED) is 0.317. The normalized spacial score (nSPS) is 11.3. The number of nitrogens with one attached hydrogen (secondary N) is 2. The van der Waals surface area contributed by atoms with E-state index in [1.807, 2.05) is 0 Å². The molecule has 0 unspecified atom stereocenters. The van der Waals surface area contributed by atoms with Gasteiger partial charge in [-0.3, -0.25) is 0 Å². The maximum absolute atomic E-state index is 5.40. The first-order chi connectivity index (χ1) is 12.5. The monoisotopic (exact) mass is 502 g/mol. The molecule has 0 aliphatic heterocycles. The van der Waals surface area contributed by atoms with E-state index in [1.54, 1.807) is 18.4 Å². The first kappa shape index (κ1) is 23.7. The number of aromatic nitrogens is 1. The highest BCUT2D eigenvalue weighted by Crippen LogP contribution is 2.20. The lowest BCUT2D eigenvalue weighted by Gasteiger charge is -2.12. The Hall–Kier alpha value is -1.35. The summed E-state index contributed by atoms with van der Waals surface area (Å²) in [6.45, 7) is 10.7. The van der Waals surface area contributed by atoms with E-state index < -0.39 is 0 Å². The average molecular weight is 502 g/mol. The Morgan fingerprint density at radius 1 is 1.30 bits per heavy atom. The van der Waals surface area contributed by atoms with Gasteiger partial charge >= 0.3 is 0 Å². The van der Waals surface area contributed by atoms with E-state index in [0.29, 0.717) is 12.5 Å². The molecular weight excluding hydrogens is 471 g/mol. The summed E-state index contributed by atoms with van der Waals surface area (Å²) in [4.78, 5) is 9.29. The predicted molar refractivity (Wildman–Crippen MR) is 126 cm³/mol. The summed E-state index contributed by atoms with van der Waals surface area (Å²) in [5, 5.41) is 9.95. The zero-order valence-electron chi connectivity index (χ0n) is 16.8. The molecule has 0 bridgehead atoms. The zero-order valence-corrected chi connectivity index (χ0v) is 20.0. The van der Waals surface area contributed by atoms with Gasteiger partial charge in [0.2, 0.25) is 0 Å². The molecule has 27 heavy (non-hydrogen) atoms. The molecule has 0 atom stereocenters. The lowest BCUT2D eigenvalue weighted by atomic mass is 10.1. The van der Waals surface area contributed by atoms with Gasteiger partial charge in [0.05, 0.1) is 24.4 Å². The number of hydrogen-bond acceptors (Lipinski definition) is 4. The van der Waals surface area contributed by atoms with Gasteiger partial charge in [-0.15, -0.1) is 35.3 Å². The van der Waals surface area contributed by atoms with Crippen molar-refractivity contribution in [2.24, 2.45) is 4.99 Å². The smallest absolute Gasteiger partial charge is 0.191 e. The lowest BCUT2D eigenvalue weighted by Crippen LogP contribution is -2.38. The Balaban J connectivity index is 0.00000364. The molecule has 1 aromatic carbocycles. The van der Waals surface area contributed by atoms with Crippen LogP contribution >= 0.6 is 35.3 Å². The molecule has 150 valence electrons. The minimum atomic E-state index is 0. The van der Waals surface area contributed by atoms with Gasteiger partial charge in [-0.05, 0) is 37.5 Å². The second kappa shape index (κ2) is 12.2. The Labute approximate surface area is 184 Å². The molecule has 1 aromatic heterocycles. The van der Waals surface area contributed by atoms with E-state index in [-0.39, 0.29) is 24.0 Å². The number of methoxy groups -OCH3 is 1. The van der Waals surface area contributed by atoms with Crippen molar-refractivity contribution in [1.29, 1.82) is 0 Å². The molecule has 2 N–H and O–H groups in total. The molecule has 1 heterocycles. The molecule has 0 saturated carbocycles. The first-order valence-corrected chi connectivity index (χ1v) is 10.0. The van der Waals surface area contributed by atoms with E-state index in [9.17, 15) is 0 Å². The van der Waals surface area contributed by atoms with Crippen LogP contribution in [0.1, 0.15) is 48.5 Å². The van der Waals surface area contributed by atoms with Crippen LogP contribution in [-0.2, 0) is 13.0 Å². The third-order valence-corrected chi connectivity index (χ3v) is 5.18.